The summed E-state index contributed by atoms with van der Waals surface area (Å²) in [6.45, 7) is 12.3. The van der Waals surface area contributed by atoms with Crippen LogP contribution in [0.2, 0.25) is 0 Å². The molecule has 4 aromatic rings. The number of nitrogens with zero attached hydrogens (tertiary/aromatic N) is 2. The topological polar surface area (TPSA) is 144 Å². The number of hydrogen-bond donors (Lipinski definition) is 2. The second-order valence-electron chi connectivity index (χ2n) is 14.0. The SMILES string of the molecule is CCCc1cccc(C(Nc2ccc3c(N(C(=O)OC(C)(C)C)C(=O)OC(C)(C)C)nccc3c2)C(=O)NCc2ccccc2S(C)(=O)=O)c1. The fourth-order valence-electron chi connectivity index (χ4n) is 5.27. The van der Waals surface area contributed by atoms with Gasteiger partial charge in [0.2, 0.25) is 5.91 Å². The third-order valence-corrected chi connectivity index (χ3v) is 8.53. The highest BCUT2D eigenvalue weighted by molar-refractivity contribution is 7.90. The lowest BCUT2D eigenvalue weighted by Crippen LogP contribution is -2.44. The molecule has 0 aliphatic rings. The summed E-state index contributed by atoms with van der Waals surface area (Å²) in [6.07, 6.45) is 2.51. The van der Waals surface area contributed by atoms with Crippen LogP contribution in [0, 0.1) is 0 Å². The van der Waals surface area contributed by atoms with E-state index in [1.165, 1.54) is 12.3 Å². The van der Waals surface area contributed by atoms with Gasteiger partial charge in [-0.3, -0.25) is 4.79 Å². The summed E-state index contributed by atoms with van der Waals surface area (Å²) in [5, 5.41) is 7.36. The number of rotatable bonds is 10. The Morgan fingerprint density at radius 3 is 2.14 bits per heavy atom. The second kappa shape index (κ2) is 15.3. The van der Waals surface area contributed by atoms with E-state index in [2.05, 4.69) is 22.5 Å². The number of aryl methyl sites for hydroxylation is 1. The summed E-state index contributed by atoms with van der Waals surface area (Å²) >= 11 is 0. The van der Waals surface area contributed by atoms with Crippen molar-refractivity contribution in [2.45, 2.75) is 90.0 Å². The maximum absolute atomic E-state index is 13.9. The van der Waals surface area contributed by atoms with Crippen LogP contribution in [-0.2, 0) is 37.1 Å². The molecular formula is C38H46N4O7S. The molecule has 11 nitrogen and oxygen atoms in total. The smallest absolute Gasteiger partial charge is 0.425 e. The Balaban J connectivity index is 1.72. The summed E-state index contributed by atoms with van der Waals surface area (Å²) < 4.78 is 35.9. The number of imide groups is 1. The number of carbonyl (C=O) groups is 3. The summed E-state index contributed by atoms with van der Waals surface area (Å²) in [7, 11) is -3.51. The summed E-state index contributed by atoms with van der Waals surface area (Å²) in [6, 6.07) is 20.4. The molecule has 0 radical (unpaired) electrons. The van der Waals surface area contributed by atoms with Crippen molar-refractivity contribution in [2.24, 2.45) is 0 Å². The van der Waals surface area contributed by atoms with Crippen LogP contribution in [0.4, 0.5) is 21.1 Å². The van der Waals surface area contributed by atoms with Crippen molar-refractivity contribution in [3.63, 3.8) is 0 Å². The van der Waals surface area contributed by atoms with Crippen LogP contribution >= 0.6 is 0 Å². The van der Waals surface area contributed by atoms with Gasteiger partial charge in [-0.05, 0) is 100 Å². The molecule has 0 saturated carbocycles. The Kier molecular flexibility index (Phi) is 11.6. The van der Waals surface area contributed by atoms with Crippen LogP contribution in [0.5, 0.6) is 0 Å². The highest BCUT2D eigenvalue weighted by Crippen LogP contribution is 2.31. The maximum atomic E-state index is 13.9. The first-order valence-corrected chi connectivity index (χ1v) is 18.3. The molecule has 3 aromatic carbocycles. The largest absolute Gasteiger partial charge is 0.443 e. The lowest BCUT2D eigenvalue weighted by atomic mass is 10.00. The van der Waals surface area contributed by atoms with E-state index >= 15 is 0 Å². The predicted octanol–water partition coefficient (Wildman–Crippen LogP) is 7.74. The van der Waals surface area contributed by atoms with Crippen LogP contribution < -0.4 is 15.5 Å². The molecule has 1 atom stereocenters. The Morgan fingerprint density at radius 2 is 1.52 bits per heavy atom. The highest BCUT2D eigenvalue weighted by Gasteiger charge is 2.34. The van der Waals surface area contributed by atoms with Gasteiger partial charge in [0, 0.05) is 30.1 Å². The molecule has 0 saturated heterocycles. The van der Waals surface area contributed by atoms with E-state index in [4.69, 9.17) is 9.47 Å². The molecule has 1 aromatic heterocycles. The van der Waals surface area contributed by atoms with Crippen molar-refractivity contribution in [1.82, 2.24) is 10.3 Å². The van der Waals surface area contributed by atoms with Crippen LogP contribution in [0.15, 0.2) is 83.9 Å². The number of ether oxygens (including phenoxy) is 2. The number of hydrogen-bond acceptors (Lipinski definition) is 9. The van der Waals surface area contributed by atoms with E-state index in [0.717, 1.165) is 35.1 Å². The van der Waals surface area contributed by atoms with Crippen LogP contribution in [-0.4, -0.2) is 49.0 Å². The molecular weight excluding hydrogens is 657 g/mol. The van der Waals surface area contributed by atoms with Gasteiger partial charge < -0.3 is 20.1 Å². The highest BCUT2D eigenvalue weighted by atomic mass is 32.2. The number of pyridine rings is 1. The number of anilines is 2. The third kappa shape index (κ3) is 10.0. The number of carbonyl (C=O) groups excluding carboxylic acids is 3. The zero-order valence-corrected chi connectivity index (χ0v) is 30.7. The minimum Gasteiger partial charge on any atom is -0.443 e. The van der Waals surface area contributed by atoms with Gasteiger partial charge in [-0.1, -0.05) is 55.8 Å². The standard InChI is InChI=1S/C38H46N4O7S/c1-9-13-25-14-12-16-27(22-25)32(34(43)40-24-28-15-10-11-17-31(28)50(8,46)47)41-29-18-19-30-26(23-29)20-21-39-33(30)42(35(44)48-37(2,3)4)36(45)49-38(5,6)7/h10-12,14-23,32,41H,9,13,24H2,1-8H3,(H,40,43). The van der Waals surface area contributed by atoms with Gasteiger partial charge in [0.25, 0.3) is 0 Å². The Hall–Kier alpha value is -4.97. The number of benzene rings is 3. The number of fused-ring (bicyclic) bond motifs is 1. The first kappa shape index (κ1) is 37.8. The number of sulfone groups is 1. The molecule has 12 heteroatoms. The van der Waals surface area contributed by atoms with E-state index in [9.17, 15) is 22.8 Å². The van der Waals surface area contributed by atoms with Gasteiger partial charge in [0.05, 0.1) is 4.90 Å². The van der Waals surface area contributed by atoms with Crippen LogP contribution in [0.3, 0.4) is 0 Å². The molecule has 0 fully saturated rings. The van der Waals surface area contributed by atoms with Crippen molar-refractivity contribution in [3.8, 4) is 0 Å². The Morgan fingerprint density at radius 1 is 0.860 bits per heavy atom. The van der Waals surface area contributed by atoms with Gasteiger partial charge in [0.15, 0.2) is 15.7 Å². The zero-order valence-electron chi connectivity index (χ0n) is 29.9. The number of nitrogens with one attached hydrogen (secondary N) is 2. The van der Waals surface area contributed by atoms with Crippen molar-refractivity contribution in [2.75, 3.05) is 16.5 Å². The van der Waals surface area contributed by atoms with Gasteiger partial charge in [-0.15, -0.1) is 0 Å². The Labute approximate surface area is 294 Å². The minimum absolute atomic E-state index is 0.00677. The molecule has 3 amide bonds. The molecule has 1 heterocycles. The molecule has 2 N–H and O–H groups in total. The minimum atomic E-state index is -3.51. The molecule has 0 aliphatic carbocycles. The number of amides is 3. The van der Waals surface area contributed by atoms with Crippen molar-refractivity contribution < 1.29 is 32.3 Å². The van der Waals surface area contributed by atoms with E-state index < -0.39 is 39.3 Å². The first-order chi connectivity index (χ1) is 23.4. The molecule has 4 rings (SSSR count). The normalized spacial score (nSPS) is 12.6. The van der Waals surface area contributed by atoms with E-state index in [0.29, 0.717) is 22.0 Å². The van der Waals surface area contributed by atoms with Crippen LogP contribution in [0.1, 0.15) is 77.6 Å². The second-order valence-corrected chi connectivity index (χ2v) is 16.0. The molecule has 50 heavy (non-hydrogen) atoms. The predicted molar refractivity (Wildman–Crippen MR) is 195 cm³/mol. The molecule has 266 valence electrons. The summed E-state index contributed by atoms with van der Waals surface area (Å²) in [5.74, 6) is -0.331. The summed E-state index contributed by atoms with van der Waals surface area (Å²) in [5.41, 5.74) is 1.07. The zero-order chi connectivity index (χ0) is 36.9. The van der Waals surface area contributed by atoms with E-state index in [1.54, 1.807) is 84.0 Å². The lowest BCUT2D eigenvalue weighted by Gasteiger charge is -2.28. The van der Waals surface area contributed by atoms with Gasteiger partial charge in [-0.25, -0.2) is 23.0 Å². The molecule has 1 unspecified atom stereocenters. The van der Waals surface area contributed by atoms with E-state index in [1.807, 2.05) is 24.3 Å². The van der Waals surface area contributed by atoms with Gasteiger partial charge >= 0.3 is 12.2 Å². The van der Waals surface area contributed by atoms with Crippen molar-refractivity contribution in [1.29, 1.82) is 0 Å². The van der Waals surface area contributed by atoms with Gasteiger partial charge in [0.1, 0.15) is 17.2 Å². The van der Waals surface area contributed by atoms with Gasteiger partial charge in [-0.2, -0.15) is 4.90 Å². The summed E-state index contributed by atoms with van der Waals surface area (Å²) in [4.78, 5) is 45.9. The van der Waals surface area contributed by atoms with E-state index in [-0.39, 0.29) is 23.2 Å². The molecule has 0 spiro atoms. The third-order valence-electron chi connectivity index (χ3n) is 7.33. The van der Waals surface area contributed by atoms with Crippen molar-refractivity contribution in [3.05, 3.63) is 95.7 Å². The maximum Gasteiger partial charge on any atom is 0.425 e. The lowest BCUT2D eigenvalue weighted by molar-refractivity contribution is -0.122. The average Bonchev–Trinajstić information content (AvgIpc) is 3.01. The number of aromatic nitrogens is 1. The Bertz CT molecular complexity index is 1950. The van der Waals surface area contributed by atoms with Crippen molar-refractivity contribution >= 4 is 50.2 Å². The average molecular weight is 703 g/mol. The molecule has 0 bridgehead atoms. The fourth-order valence-corrected chi connectivity index (χ4v) is 6.21. The monoisotopic (exact) mass is 702 g/mol. The van der Waals surface area contributed by atoms with Crippen LogP contribution in [0.25, 0.3) is 10.8 Å². The fraction of sp³-hybridized carbons (Fsp3) is 0.368. The first-order valence-electron chi connectivity index (χ1n) is 16.4. The quantitative estimate of drug-likeness (QED) is 0.170. The molecule has 0 aliphatic heterocycles.